The quantitative estimate of drug-likeness (QED) is 0.745. The van der Waals surface area contributed by atoms with Gasteiger partial charge in [-0.3, -0.25) is 4.79 Å². The van der Waals surface area contributed by atoms with Crippen molar-refractivity contribution in [1.82, 2.24) is 4.98 Å². The Morgan fingerprint density at radius 2 is 1.81 bits per heavy atom. The molecule has 26 heavy (non-hydrogen) atoms. The highest BCUT2D eigenvalue weighted by Gasteiger charge is 2.25. The highest BCUT2D eigenvalue weighted by molar-refractivity contribution is 5.97. The van der Waals surface area contributed by atoms with Gasteiger partial charge in [0, 0.05) is 43.2 Å². The summed E-state index contributed by atoms with van der Waals surface area (Å²) in [4.78, 5) is 20.5. The first kappa shape index (κ1) is 16.7. The minimum Gasteiger partial charge on any atom is -0.368 e. The van der Waals surface area contributed by atoms with Gasteiger partial charge in [0.15, 0.2) is 0 Å². The molecule has 1 N–H and O–H groups in total. The van der Waals surface area contributed by atoms with E-state index < -0.39 is 0 Å². The van der Waals surface area contributed by atoms with E-state index in [4.69, 9.17) is 0 Å². The van der Waals surface area contributed by atoms with Gasteiger partial charge in [-0.2, -0.15) is 0 Å². The second-order valence-corrected chi connectivity index (χ2v) is 6.83. The van der Waals surface area contributed by atoms with Crippen LogP contribution in [0.25, 0.3) is 10.9 Å². The van der Waals surface area contributed by atoms with E-state index in [0.29, 0.717) is 6.42 Å². The van der Waals surface area contributed by atoms with E-state index in [2.05, 4.69) is 53.3 Å². The molecule has 1 aromatic heterocycles. The summed E-state index contributed by atoms with van der Waals surface area (Å²) in [5.41, 5.74) is 4.69. The van der Waals surface area contributed by atoms with Crippen molar-refractivity contribution in [2.24, 2.45) is 0 Å². The summed E-state index contributed by atoms with van der Waals surface area (Å²) in [6.45, 7) is 4.81. The first-order valence-corrected chi connectivity index (χ1v) is 9.47. The number of amides is 1. The summed E-state index contributed by atoms with van der Waals surface area (Å²) >= 11 is 0. The Labute approximate surface area is 154 Å². The summed E-state index contributed by atoms with van der Waals surface area (Å²) in [5.74, 6) is 0.230. The molecule has 1 aliphatic rings. The maximum atomic E-state index is 12.8. The van der Waals surface area contributed by atoms with Gasteiger partial charge in [-0.1, -0.05) is 30.3 Å². The van der Waals surface area contributed by atoms with Crippen LogP contribution >= 0.6 is 0 Å². The average molecular weight is 347 g/mol. The first-order valence-electron chi connectivity index (χ1n) is 9.47. The molecule has 0 aliphatic carbocycles. The number of hydrogen-bond acceptors (Lipinski definition) is 2. The molecule has 4 nitrogen and oxygen atoms in total. The van der Waals surface area contributed by atoms with Crippen molar-refractivity contribution < 1.29 is 4.79 Å². The first-order chi connectivity index (χ1) is 12.8. The molecule has 1 amide bonds. The van der Waals surface area contributed by atoms with Crippen LogP contribution in [-0.4, -0.2) is 30.5 Å². The van der Waals surface area contributed by atoms with Crippen molar-refractivity contribution in [3.05, 3.63) is 60.3 Å². The normalized spacial score (nSPS) is 13.9. The van der Waals surface area contributed by atoms with Crippen molar-refractivity contribution in [2.75, 3.05) is 29.4 Å². The molecular weight excluding hydrogens is 322 g/mol. The standard InChI is InChI=1S/C22H25N3O/c1-2-24-14-15-25(21-12-6-5-11-20(21)24)22(26)13-7-8-17-16-23-19-10-4-3-9-18(17)19/h3-6,9-12,16,23H,2,7-8,13-15H2,1H3. The number of rotatable bonds is 5. The SMILES string of the molecule is CCN1CCN(C(=O)CCCc2c[nH]c3ccccc23)c2ccccc21. The number of nitrogens with zero attached hydrogens (tertiary/aromatic N) is 2. The van der Waals surface area contributed by atoms with E-state index in [1.54, 1.807) is 0 Å². The number of likely N-dealkylation sites (N-methyl/N-ethyl adjacent to an activating group) is 1. The second kappa shape index (κ2) is 7.24. The summed E-state index contributed by atoms with van der Waals surface area (Å²) in [6.07, 6.45) is 4.45. The fraction of sp³-hybridized carbons (Fsp3) is 0.318. The summed E-state index contributed by atoms with van der Waals surface area (Å²) in [5, 5.41) is 1.27. The Balaban J connectivity index is 1.42. The third kappa shape index (κ3) is 3.07. The lowest BCUT2D eigenvalue weighted by atomic mass is 10.1. The number of H-pyrrole nitrogens is 1. The molecule has 2 aromatic carbocycles. The third-order valence-corrected chi connectivity index (χ3v) is 5.30. The predicted octanol–water partition coefficient (Wildman–Crippen LogP) is 4.36. The van der Waals surface area contributed by atoms with Crippen LogP contribution in [0.5, 0.6) is 0 Å². The fourth-order valence-corrected chi connectivity index (χ4v) is 3.91. The van der Waals surface area contributed by atoms with E-state index >= 15 is 0 Å². The maximum absolute atomic E-state index is 12.8. The Morgan fingerprint density at radius 1 is 1.04 bits per heavy atom. The highest BCUT2D eigenvalue weighted by atomic mass is 16.2. The smallest absolute Gasteiger partial charge is 0.227 e. The number of fused-ring (bicyclic) bond motifs is 2. The molecule has 0 atom stereocenters. The molecule has 0 radical (unpaired) electrons. The van der Waals surface area contributed by atoms with E-state index in [0.717, 1.165) is 38.2 Å². The molecule has 0 fully saturated rings. The maximum Gasteiger partial charge on any atom is 0.227 e. The molecule has 0 unspecified atom stereocenters. The molecule has 0 saturated carbocycles. The summed E-state index contributed by atoms with van der Waals surface area (Å²) < 4.78 is 0. The topological polar surface area (TPSA) is 39.3 Å². The van der Waals surface area contributed by atoms with Crippen LogP contribution in [0.4, 0.5) is 11.4 Å². The molecular formula is C22H25N3O. The monoisotopic (exact) mass is 347 g/mol. The fourth-order valence-electron chi connectivity index (χ4n) is 3.91. The van der Waals surface area contributed by atoms with Gasteiger partial charge in [0.05, 0.1) is 11.4 Å². The van der Waals surface area contributed by atoms with Gasteiger partial charge in [0.25, 0.3) is 0 Å². The number of carbonyl (C=O) groups excluding carboxylic acids is 1. The van der Waals surface area contributed by atoms with Gasteiger partial charge in [-0.05, 0) is 43.5 Å². The van der Waals surface area contributed by atoms with Crippen molar-refractivity contribution >= 4 is 28.2 Å². The second-order valence-electron chi connectivity index (χ2n) is 6.83. The number of nitrogens with one attached hydrogen (secondary N) is 1. The molecule has 1 aliphatic heterocycles. The van der Waals surface area contributed by atoms with Crippen LogP contribution in [0.15, 0.2) is 54.7 Å². The number of aromatic nitrogens is 1. The number of para-hydroxylation sites is 3. The lowest BCUT2D eigenvalue weighted by Gasteiger charge is -2.37. The van der Waals surface area contributed by atoms with Crippen molar-refractivity contribution in [2.45, 2.75) is 26.2 Å². The minimum absolute atomic E-state index is 0.230. The van der Waals surface area contributed by atoms with Crippen LogP contribution in [0, 0.1) is 0 Å². The van der Waals surface area contributed by atoms with Crippen LogP contribution in [0.3, 0.4) is 0 Å². The number of aromatic amines is 1. The van der Waals surface area contributed by atoms with Gasteiger partial charge >= 0.3 is 0 Å². The summed E-state index contributed by atoms with van der Waals surface area (Å²) in [6, 6.07) is 16.6. The van der Waals surface area contributed by atoms with Gasteiger partial charge in [0.2, 0.25) is 5.91 Å². The zero-order chi connectivity index (χ0) is 17.9. The number of hydrogen-bond donors (Lipinski definition) is 1. The van der Waals surface area contributed by atoms with Crippen LogP contribution < -0.4 is 9.80 Å². The lowest BCUT2D eigenvalue weighted by Crippen LogP contribution is -2.44. The lowest BCUT2D eigenvalue weighted by molar-refractivity contribution is -0.118. The molecule has 0 saturated heterocycles. The number of anilines is 2. The third-order valence-electron chi connectivity index (χ3n) is 5.30. The Hall–Kier alpha value is -2.75. The van der Waals surface area contributed by atoms with Crippen LogP contribution in [-0.2, 0) is 11.2 Å². The Kier molecular flexibility index (Phi) is 4.65. The van der Waals surface area contributed by atoms with E-state index in [-0.39, 0.29) is 5.91 Å². The van der Waals surface area contributed by atoms with E-state index in [9.17, 15) is 4.79 Å². The molecule has 2 heterocycles. The molecule has 0 bridgehead atoms. The number of aryl methyl sites for hydroxylation is 1. The largest absolute Gasteiger partial charge is 0.368 e. The van der Waals surface area contributed by atoms with Gasteiger partial charge in [0.1, 0.15) is 0 Å². The van der Waals surface area contributed by atoms with Crippen molar-refractivity contribution in [3.8, 4) is 0 Å². The van der Waals surface area contributed by atoms with Gasteiger partial charge in [-0.15, -0.1) is 0 Å². The molecule has 3 aromatic rings. The van der Waals surface area contributed by atoms with E-state index in [1.165, 1.54) is 22.2 Å². The summed E-state index contributed by atoms with van der Waals surface area (Å²) in [7, 11) is 0. The van der Waals surface area contributed by atoms with Crippen LogP contribution in [0.2, 0.25) is 0 Å². The van der Waals surface area contributed by atoms with Crippen molar-refractivity contribution in [3.63, 3.8) is 0 Å². The van der Waals surface area contributed by atoms with Crippen molar-refractivity contribution in [1.29, 1.82) is 0 Å². The Morgan fingerprint density at radius 3 is 2.65 bits per heavy atom. The minimum atomic E-state index is 0.230. The Bertz CT molecular complexity index is 914. The van der Waals surface area contributed by atoms with Gasteiger partial charge < -0.3 is 14.8 Å². The average Bonchev–Trinajstić information content (AvgIpc) is 3.10. The van der Waals surface area contributed by atoms with E-state index in [1.807, 2.05) is 23.1 Å². The molecule has 4 rings (SSSR count). The molecule has 0 spiro atoms. The molecule has 4 heteroatoms. The number of benzene rings is 2. The molecule has 134 valence electrons. The van der Waals surface area contributed by atoms with Gasteiger partial charge in [-0.25, -0.2) is 0 Å². The van der Waals surface area contributed by atoms with Crippen LogP contribution in [0.1, 0.15) is 25.3 Å². The zero-order valence-corrected chi connectivity index (χ0v) is 15.2. The zero-order valence-electron chi connectivity index (χ0n) is 15.2. The number of carbonyl (C=O) groups is 1. The predicted molar refractivity (Wildman–Crippen MR) is 108 cm³/mol. The highest BCUT2D eigenvalue weighted by Crippen LogP contribution is 2.33.